The highest BCUT2D eigenvalue weighted by Gasteiger charge is 2.09. The summed E-state index contributed by atoms with van der Waals surface area (Å²) >= 11 is 9.72. The van der Waals surface area contributed by atoms with Gasteiger partial charge in [0.15, 0.2) is 0 Å². The van der Waals surface area contributed by atoms with Crippen LogP contribution in [0.5, 0.6) is 0 Å². The fourth-order valence-electron chi connectivity index (χ4n) is 3.34. The third kappa shape index (κ3) is 2.45. The van der Waals surface area contributed by atoms with Gasteiger partial charge in [0.2, 0.25) is 0 Å². The molecule has 4 aromatic carbocycles. The number of hydrogen-bond donors (Lipinski definition) is 0. The van der Waals surface area contributed by atoms with Crippen molar-refractivity contribution >= 4 is 60.2 Å². The van der Waals surface area contributed by atoms with E-state index in [0.717, 1.165) is 32.0 Å². The summed E-state index contributed by atoms with van der Waals surface area (Å²) in [5, 5.41) is 5.31. The van der Waals surface area contributed by atoms with Gasteiger partial charge in [0, 0.05) is 26.3 Å². The maximum Gasteiger partial charge on any atom is 0.136 e. The number of benzene rings is 4. The van der Waals surface area contributed by atoms with Crippen molar-refractivity contribution in [2.75, 3.05) is 0 Å². The number of rotatable bonds is 1. The summed E-state index contributed by atoms with van der Waals surface area (Å²) in [5.41, 5.74) is 4.00. The van der Waals surface area contributed by atoms with Gasteiger partial charge in [-0.05, 0) is 58.3 Å². The standard InChI is InChI=1S/C22H12BrClO/c23-20-3-1-2-13-4-5-14(10-19(13)20)15-6-8-17-18-9-7-16(24)12-22(18)25-21(17)11-15/h1-12H. The molecule has 3 heteroatoms. The number of fused-ring (bicyclic) bond motifs is 4. The van der Waals surface area contributed by atoms with Gasteiger partial charge in [0.1, 0.15) is 11.2 Å². The average molecular weight is 408 g/mol. The van der Waals surface area contributed by atoms with Crippen LogP contribution in [0.2, 0.25) is 5.02 Å². The van der Waals surface area contributed by atoms with Crippen molar-refractivity contribution < 1.29 is 4.42 Å². The quantitative estimate of drug-likeness (QED) is 0.276. The highest BCUT2D eigenvalue weighted by Crippen LogP contribution is 2.35. The minimum Gasteiger partial charge on any atom is -0.456 e. The fourth-order valence-corrected chi connectivity index (χ4v) is 4.00. The topological polar surface area (TPSA) is 13.1 Å². The van der Waals surface area contributed by atoms with Gasteiger partial charge in [0.05, 0.1) is 0 Å². The molecule has 0 unspecified atom stereocenters. The molecule has 0 bridgehead atoms. The molecular formula is C22H12BrClO. The van der Waals surface area contributed by atoms with Crippen molar-refractivity contribution in [1.29, 1.82) is 0 Å². The predicted molar refractivity (Wildman–Crippen MR) is 109 cm³/mol. The maximum atomic E-state index is 6.08. The van der Waals surface area contributed by atoms with Gasteiger partial charge in [-0.15, -0.1) is 0 Å². The van der Waals surface area contributed by atoms with Gasteiger partial charge in [-0.25, -0.2) is 0 Å². The lowest BCUT2D eigenvalue weighted by atomic mass is 10.00. The van der Waals surface area contributed by atoms with Crippen molar-refractivity contribution in [2.45, 2.75) is 0 Å². The van der Waals surface area contributed by atoms with Crippen LogP contribution in [0.4, 0.5) is 0 Å². The molecule has 25 heavy (non-hydrogen) atoms. The van der Waals surface area contributed by atoms with E-state index in [4.69, 9.17) is 16.0 Å². The summed E-state index contributed by atoms with van der Waals surface area (Å²) < 4.78 is 7.12. The molecule has 0 aliphatic rings. The Labute approximate surface area is 157 Å². The molecule has 1 heterocycles. The second-order valence-corrected chi connectivity index (χ2v) is 7.42. The molecule has 120 valence electrons. The van der Waals surface area contributed by atoms with Crippen LogP contribution in [-0.4, -0.2) is 0 Å². The first-order valence-electron chi connectivity index (χ1n) is 7.99. The third-order valence-corrected chi connectivity index (χ3v) is 5.52. The minimum atomic E-state index is 0.686. The van der Waals surface area contributed by atoms with E-state index < -0.39 is 0 Å². The van der Waals surface area contributed by atoms with Crippen LogP contribution in [0.1, 0.15) is 0 Å². The predicted octanol–water partition coefficient (Wildman–Crippen LogP) is 7.82. The summed E-state index contributed by atoms with van der Waals surface area (Å²) in [4.78, 5) is 0. The van der Waals surface area contributed by atoms with E-state index in [9.17, 15) is 0 Å². The smallest absolute Gasteiger partial charge is 0.136 e. The zero-order valence-corrected chi connectivity index (χ0v) is 15.4. The number of hydrogen-bond acceptors (Lipinski definition) is 1. The molecule has 0 saturated carbocycles. The van der Waals surface area contributed by atoms with Crippen molar-refractivity contribution in [3.63, 3.8) is 0 Å². The zero-order valence-electron chi connectivity index (χ0n) is 13.1. The second-order valence-electron chi connectivity index (χ2n) is 6.13. The molecule has 1 nitrogen and oxygen atoms in total. The molecule has 0 radical (unpaired) electrons. The van der Waals surface area contributed by atoms with Gasteiger partial charge >= 0.3 is 0 Å². The van der Waals surface area contributed by atoms with Gasteiger partial charge in [-0.2, -0.15) is 0 Å². The molecule has 5 rings (SSSR count). The average Bonchev–Trinajstić information content (AvgIpc) is 2.98. The lowest BCUT2D eigenvalue weighted by molar-refractivity contribution is 0.669. The Balaban J connectivity index is 1.72. The van der Waals surface area contributed by atoms with Gasteiger partial charge in [-0.3, -0.25) is 0 Å². The van der Waals surface area contributed by atoms with E-state index in [1.54, 1.807) is 0 Å². The van der Waals surface area contributed by atoms with Gasteiger partial charge in [0.25, 0.3) is 0 Å². The lowest BCUT2D eigenvalue weighted by Gasteiger charge is -2.06. The summed E-state index contributed by atoms with van der Waals surface area (Å²) in [7, 11) is 0. The first-order chi connectivity index (χ1) is 12.2. The monoisotopic (exact) mass is 406 g/mol. The van der Waals surface area contributed by atoms with E-state index >= 15 is 0 Å². The molecule has 0 spiro atoms. The second kappa shape index (κ2) is 5.62. The van der Waals surface area contributed by atoms with E-state index in [1.165, 1.54) is 16.3 Å². The molecule has 0 N–H and O–H groups in total. The summed E-state index contributed by atoms with van der Waals surface area (Å²) in [6, 6.07) is 24.9. The minimum absolute atomic E-state index is 0.686. The van der Waals surface area contributed by atoms with Crippen molar-refractivity contribution in [3.05, 3.63) is 82.3 Å². The summed E-state index contributed by atoms with van der Waals surface area (Å²) in [6.45, 7) is 0. The zero-order chi connectivity index (χ0) is 17.0. The molecule has 0 saturated heterocycles. The summed E-state index contributed by atoms with van der Waals surface area (Å²) in [5.74, 6) is 0. The van der Waals surface area contributed by atoms with E-state index in [-0.39, 0.29) is 0 Å². The summed E-state index contributed by atoms with van der Waals surface area (Å²) in [6.07, 6.45) is 0. The highest BCUT2D eigenvalue weighted by molar-refractivity contribution is 9.10. The Morgan fingerprint density at radius 3 is 2.28 bits per heavy atom. The number of halogens is 2. The van der Waals surface area contributed by atoms with Crippen LogP contribution in [-0.2, 0) is 0 Å². The van der Waals surface area contributed by atoms with Crippen LogP contribution in [0, 0.1) is 0 Å². The number of furan rings is 1. The molecule has 0 aliphatic carbocycles. The lowest BCUT2D eigenvalue weighted by Crippen LogP contribution is -1.80. The van der Waals surface area contributed by atoms with Crippen LogP contribution in [0.3, 0.4) is 0 Å². The Bertz CT molecular complexity index is 1270. The highest BCUT2D eigenvalue weighted by atomic mass is 79.9. The molecule has 5 aromatic rings. The van der Waals surface area contributed by atoms with Crippen molar-refractivity contribution in [2.24, 2.45) is 0 Å². The van der Waals surface area contributed by atoms with E-state index in [0.29, 0.717) is 5.02 Å². The molecule has 0 aliphatic heterocycles. The SMILES string of the molecule is Clc1ccc2c(c1)oc1cc(-c3ccc4cccc(Br)c4c3)ccc12. The molecule has 0 fully saturated rings. The first kappa shape index (κ1) is 15.0. The van der Waals surface area contributed by atoms with Crippen molar-refractivity contribution in [1.82, 2.24) is 0 Å². The van der Waals surface area contributed by atoms with E-state index in [2.05, 4.69) is 70.5 Å². The van der Waals surface area contributed by atoms with E-state index in [1.807, 2.05) is 18.2 Å². The Hall–Kier alpha value is -2.29. The largest absolute Gasteiger partial charge is 0.456 e. The normalized spacial score (nSPS) is 11.6. The van der Waals surface area contributed by atoms with Crippen molar-refractivity contribution in [3.8, 4) is 11.1 Å². The first-order valence-corrected chi connectivity index (χ1v) is 9.17. The third-order valence-electron chi connectivity index (χ3n) is 4.60. The van der Waals surface area contributed by atoms with Crippen LogP contribution in [0.15, 0.2) is 81.7 Å². The Kier molecular flexibility index (Phi) is 3.37. The van der Waals surface area contributed by atoms with Crippen LogP contribution >= 0.6 is 27.5 Å². The fraction of sp³-hybridized carbons (Fsp3) is 0. The van der Waals surface area contributed by atoms with Gasteiger partial charge in [-0.1, -0.05) is 57.9 Å². The van der Waals surface area contributed by atoms with Crippen LogP contribution in [0.25, 0.3) is 43.8 Å². The Morgan fingerprint density at radius 1 is 0.680 bits per heavy atom. The van der Waals surface area contributed by atoms with Gasteiger partial charge < -0.3 is 4.42 Å². The van der Waals surface area contributed by atoms with Crippen LogP contribution < -0.4 is 0 Å². The molecule has 1 aromatic heterocycles. The molecular weight excluding hydrogens is 396 g/mol. The Morgan fingerprint density at radius 2 is 1.40 bits per heavy atom. The maximum absolute atomic E-state index is 6.08. The molecule has 0 amide bonds. The molecule has 0 atom stereocenters.